The molecule has 1 amide bonds. The van der Waals surface area contributed by atoms with Gasteiger partial charge in [-0.15, -0.1) is 0 Å². The van der Waals surface area contributed by atoms with Gasteiger partial charge in [0.15, 0.2) is 12.4 Å². The first-order valence-corrected chi connectivity index (χ1v) is 8.65. The highest BCUT2D eigenvalue weighted by Crippen LogP contribution is 2.18. The van der Waals surface area contributed by atoms with Crippen molar-refractivity contribution in [3.8, 4) is 0 Å². The van der Waals surface area contributed by atoms with E-state index >= 15 is 0 Å². The van der Waals surface area contributed by atoms with E-state index in [1.54, 1.807) is 13.0 Å². The van der Waals surface area contributed by atoms with Crippen molar-refractivity contribution >= 4 is 11.7 Å². The van der Waals surface area contributed by atoms with Crippen LogP contribution in [0.5, 0.6) is 0 Å². The predicted octanol–water partition coefficient (Wildman–Crippen LogP) is 2.83. The summed E-state index contributed by atoms with van der Waals surface area (Å²) in [4.78, 5) is 12.1. The van der Waals surface area contributed by atoms with Crippen LogP contribution in [0.4, 0.5) is 5.82 Å². The van der Waals surface area contributed by atoms with Crippen LogP contribution in [0.15, 0.2) is 34.9 Å². The molecule has 0 spiro atoms. The van der Waals surface area contributed by atoms with Gasteiger partial charge in [-0.25, -0.2) is 0 Å². The smallest absolute Gasteiger partial charge is 0.280 e. The molecule has 2 aromatic rings. The molecule has 0 unspecified atom stereocenters. The van der Waals surface area contributed by atoms with Gasteiger partial charge in [-0.3, -0.25) is 4.79 Å². The number of hydrogen-bond donors (Lipinski definition) is 2. The Labute approximate surface area is 143 Å². The first kappa shape index (κ1) is 18.2. The maximum atomic E-state index is 12.1. The summed E-state index contributed by atoms with van der Waals surface area (Å²) < 4.78 is 4.95. The third-order valence-electron chi connectivity index (χ3n) is 4.07. The Morgan fingerprint density at radius 2 is 2.00 bits per heavy atom. The lowest BCUT2D eigenvalue weighted by atomic mass is 9.94. The van der Waals surface area contributed by atoms with Gasteiger partial charge < -0.3 is 15.2 Å². The average Bonchev–Trinajstić information content (AvgIpc) is 2.94. The van der Waals surface area contributed by atoms with Gasteiger partial charge >= 0.3 is 0 Å². The quantitative estimate of drug-likeness (QED) is 0.782. The normalized spacial score (nSPS) is 12.4. The molecular formula is C19H28N3O2+. The van der Waals surface area contributed by atoms with E-state index in [0.717, 1.165) is 12.8 Å². The molecule has 130 valence electrons. The Kier molecular flexibility index (Phi) is 6.55. The summed E-state index contributed by atoms with van der Waals surface area (Å²) >= 11 is 0. The first-order valence-electron chi connectivity index (χ1n) is 8.65. The second-order valence-electron chi connectivity index (χ2n) is 6.57. The molecule has 0 aliphatic carbocycles. The van der Waals surface area contributed by atoms with Crippen molar-refractivity contribution in [2.24, 2.45) is 5.92 Å². The summed E-state index contributed by atoms with van der Waals surface area (Å²) in [6.07, 6.45) is 2.26. The number of nitrogens with two attached hydrogens (primary N) is 1. The summed E-state index contributed by atoms with van der Waals surface area (Å²) in [7, 11) is 0. The molecule has 3 N–H and O–H groups in total. The van der Waals surface area contributed by atoms with Crippen molar-refractivity contribution in [2.75, 3.05) is 11.9 Å². The van der Waals surface area contributed by atoms with Gasteiger partial charge in [-0.2, -0.15) is 0 Å². The Morgan fingerprint density at radius 1 is 1.29 bits per heavy atom. The molecule has 1 atom stereocenters. The Morgan fingerprint density at radius 3 is 2.54 bits per heavy atom. The highest BCUT2D eigenvalue weighted by atomic mass is 16.5. The van der Waals surface area contributed by atoms with Crippen LogP contribution in [-0.2, 0) is 11.2 Å². The molecule has 1 aromatic carbocycles. The predicted molar refractivity (Wildman–Crippen MR) is 94.7 cm³/mol. The van der Waals surface area contributed by atoms with Gasteiger partial charge in [-0.05, 0) is 18.9 Å². The zero-order valence-electron chi connectivity index (χ0n) is 15.0. The van der Waals surface area contributed by atoms with Crippen molar-refractivity contribution in [3.63, 3.8) is 0 Å². The van der Waals surface area contributed by atoms with Crippen LogP contribution in [0, 0.1) is 12.8 Å². The summed E-state index contributed by atoms with van der Waals surface area (Å²) in [6.45, 7) is 8.70. The summed E-state index contributed by atoms with van der Waals surface area (Å²) in [5.74, 6) is 1.51. The van der Waals surface area contributed by atoms with E-state index in [1.165, 1.54) is 11.1 Å². The van der Waals surface area contributed by atoms with E-state index in [-0.39, 0.29) is 11.9 Å². The van der Waals surface area contributed by atoms with Crippen molar-refractivity contribution in [1.82, 2.24) is 5.16 Å². The number of anilines is 1. The number of carbonyl (C=O) groups is 1. The molecule has 0 saturated heterocycles. The fraction of sp³-hybridized carbons (Fsp3) is 0.474. The maximum Gasteiger partial charge on any atom is 0.280 e. The molecule has 2 rings (SSSR count). The second-order valence-corrected chi connectivity index (χ2v) is 6.57. The molecule has 5 nitrogen and oxygen atoms in total. The van der Waals surface area contributed by atoms with Gasteiger partial charge in [0.05, 0.1) is 0 Å². The highest BCUT2D eigenvalue weighted by Gasteiger charge is 2.20. The summed E-state index contributed by atoms with van der Waals surface area (Å²) in [5, 5.41) is 8.63. The van der Waals surface area contributed by atoms with Gasteiger partial charge in [0.25, 0.3) is 5.91 Å². The number of nitrogens with zero attached hydrogens (tertiary/aromatic N) is 1. The van der Waals surface area contributed by atoms with Crippen LogP contribution in [0.3, 0.4) is 0 Å². The van der Waals surface area contributed by atoms with Gasteiger partial charge in [0.2, 0.25) is 0 Å². The largest absolute Gasteiger partial charge is 0.360 e. The van der Waals surface area contributed by atoms with Crippen molar-refractivity contribution in [1.29, 1.82) is 0 Å². The van der Waals surface area contributed by atoms with Crippen molar-refractivity contribution in [2.45, 2.75) is 46.6 Å². The molecule has 0 aliphatic rings. The molecule has 0 radical (unpaired) electrons. The number of quaternary nitrogens is 1. The van der Waals surface area contributed by atoms with E-state index in [2.05, 4.69) is 60.8 Å². The highest BCUT2D eigenvalue weighted by molar-refractivity contribution is 5.90. The number of carbonyl (C=O) groups excluding carboxylic acids is 1. The number of rotatable bonds is 8. The number of aryl methyl sites for hydroxylation is 2. The van der Waals surface area contributed by atoms with Crippen LogP contribution in [0.1, 0.15) is 50.1 Å². The standard InChI is InChI=1S/C19H27N3O2/c1-5-6-15-7-9-16(10-8-15)19(13(2)3)20-12-18(23)21-17-11-14(4)24-22-17/h7-11,13,19-20H,5-6,12H2,1-4H3,(H,21,22,23)/p+1/t19-/m0/s1. The van der Waals surface area contributed by atoms with Gasteiger partial charge in [0.1, 0.15) is 11.8 Å². The zero-order chi connectivity index (χ0) is 17.5. The van der Waals surface area contributed by atoms with Crippen LogP contribution >= 0.6 is 0 Å². The average molecular weight is 330 g/mol. The van der Waals surface area contributed by atoms with Crippen LogP contribution < -0.4 is 10.6 Å². The second kappa shape index (κ2) is 8.64. The molecule has 1 heterocycles. The Bertz CT molecular complexity index is 647. The van der Waals surface area contributed by atoms with E-state index < -0.39 is 0 Å². The van der Waals surface area contributed by atoms with Crippen LogP contribution in [0.2, 0.25) is 0 Å². The van der Waals surface area contributed by atoms with Crippen molar-refractivity contribution < 1.29 is 14.6 Å². The maximum absolute atomic E-state index is 12.1. The molecular weight excluding hydrogens is 302 g/mol. The third-order valence-corrected chi connectivity index (χ3v) is 4.07. The first-order chi connectivity index (χ1) is 11.5. The molecule has 0 aliphatic heterocycles. The number of amides is 1. The van der Waals surface area contributed by atoms with Gasteiger partial charge in [-0.1, -0.05) is 56.6 Å². The fourth-order valence-electron chi connectivity index (χ4n) is 2.84. The lowest BCUT2D eigenvalue weighted by Crippen LogP contribution is -2.88. The molecule has 0 saturated carbocycles. The molecule has 24 heavy (non-hydrogen) atoms. The van der Waals surface area contributed by atoms with E-state index in [4.69, 9.17) is 4.52 Å². The van der Waals surface area contributed by atoms with Gasteiger partial charge in [0, 0.05) is 17.5 Å². The Balaban J connectivity index is 1.94. The molecule has 5 heteroatoms. The van der Waals surface area contributed by atoms with Crippen LogP contribution in [-0.4, -0.2) is 17.6 Å². The third kappa shape index (κ3) is 5.20. The summed E-state index contributed by atoms with van der Waals surface area (Å²) in [5.41, 5.74) is 2.62. The monoisotopic (exact) mass is 330 g/mol. The minimum atomic E-state index is -0.0726. The number of aromatic nitrogens is 1. The topological polar surface area (TPSA) is 71.7 Å². The van der Waals surface area contributed by atoms with Crippen molar-refractivity contribution in [3.05, 3.63) is 47.2 Å². The fourth-order valence-corrected chi connectivity index (χ4v) is 2.84. The lowest BCUT2D eigenvalue weighted by molar-refractivity contribution is -0.692. The number of hydrogen-bond acceptors (Lipinski definition) is 3. The molecule has 0 bridgehead atoms. The number of benzene rings is 1. The lowest BCUT2D eigenvalue weighted by Gasteiger charge is -2.19. The Hall–Kier alpha value is -2.14. The van der Waals surface area contributed by atoms with Crippen LogP contribution in [0.25, 0.3) is 0 Å². The minimum Gasteiger partial charge on any atom is -0.360 e. The molecule has 0 fully saturated rings. The molecule has 1 aromatic heterocycles. The van der Waals surface area contributed by atoms with E-state index in [1.807, 2.05) is 0 Å². The number of nitrogens with one attached hydrogen (secondary N) is 1. The minimum absolute atomic E-state index is 0.0726. The van der Waals surface area contributed by atoms with E-state index in [0.29, 0.717) is 24.0 Å². The zero-order valence-corrected chi connectivity index (χ0v) is 15.0. The van der Waals surface area contributed by atoms with E-state index in [9.17, 15) is 4.79 Å². The SMILES string of the molecule is CCCc1ccc([C@@H]([NH2+]CC(=O)Nc2cc(C)on2)C(C)C)cc1. The summed E-state index contributed by atoms with van der Waals surface area (Å²) in [6, 6.07) is 10.7.